The van der Waals surface area contributed by atoms with Crippen LogP contribution in [0, 0.1) is 12.8 Å². The van der Waals surface area contributed by atoms with Crippen molar-refractivity contribution < 1.29 is 19.0 Å². The molecule has 1 unspecified atom stereocenters. The van der Waals surface area contributed by atoms with E-state index in [0.717, 1.165) is 29.7 Å². The number of carbonyl (C=O) groups is 1. The van der Waals surface area contributed by atoms with Crippen LogP contribution in [0.15, 0.2) is 83.8 Å². The van der Waals surface area contributed by atoms with Crippen molar-refractivity contribution in [2.45, 2.75) is 52.0 Å². The van der Waals surface area contributed by atoms with Gasteiger partial charge in [-0.25, -0.2) is 14.6 Å². The molecule has 1 aliphatic rings. The van der Waals surface area contributed by atoms with Gasteiger partial charge in [0.25, 0.3) is 5.56 Å². The topological polar surface area (TPSA) is 101 Å². The smallest absolute Gasteiger partial charge is 0.295 e. The fourth-order valence-corrected chi connectivity index (χ4v) is 7.05. The summed E-state index contributed by atoms with van der Waals surface area (Å²) in [6.45, 7) is 4.45. The summed E-state index contributed by atoms with van der Waals surface area (Å²) < 4.78 is 20.4. The van der Waals surface area contributed by atoms with Gasteiger partial charge in [0.15, 0.2) is 5.82 Å². The van der Waals surface area contributed by atoms with Crippen LogP contribution in [-0.4, -0.2) is 46.1 Å². The maximum Gasteiger partial charge on any atom is 0.295 e. The van der Waals surface area contributed by atoms with Crippen LogP contribution < -0.4 is 24.7 Å². The quantitative estimate of drug-likeness (QED) is 0.141. The van der Waals surface area contributed by atoms with E-state index in [2.05, 4.69) is 4.98 Å². The maximum atomic E-state index is 14.8. The molecule has 3 aromatic carbocycles. The molecule has 2 atom stereocenters. The lowest BCUT2D eigenvalue weighted by Crippen LogP contribution is -2.40. The van der Waals surface area contributed by atoms with E-state index in [1.807, 2.05) is 81.6 Å². The highest BCUT2D eigenvalue weighted by molar-refractivity contribution is 6.30. The Hall–Kier alpha value is -5.09. The zero-order valence-corrected chi connectivity index (χ0v) is 29.8. The molecule has 0 saturated heterocycles. The fraction of sp³-hybridized carbons (Fsp3) is 0.333. The van der Waals surface area contributed by atoms with E-state index in [9.17, 15) is 9.59 Å². The van der Waals surface area contributed by atoms with E-state index in [0.29, 0.717) is 64.6 Å². The van der Waals surface area contributed by atoms with Crippen LogP contribution >= 0.6 is 11.6 Å². The molecule has 1 amide bonds. The van der Waals surface area contributed by atoms with Crippen LogP contribution in [0.4, 0.5) is 5.69 Å². The molecule has 0 bridgehead atoms. The molecule has 0 spiro atoms. The van der Waals surface area contributed by atoms with Gasteiger partial charge < -0.3 is 19.1 Å². The van der Waals surface area contributed by atoms with Gasteiger partial charge in [0.05, 0.1) is 44.3 Å². The molecule has 1 fully saturated rings. The molecular weight excluding hydrogens is 654 g/mol. The second-order valence-electron chi connectivity index (χ2n) is 12.5. The Kier molecular flexibility index (Phi) is 10.6. The first-order valence-corrected chi connectivity index (χ1v) is 17.2. The minimum Gasteiger partial charge on any atom is -0.497 e. The summed E-state index contributed by atoms with van der Waals surface area (Å²) in [5.41, 5.74) is 3.81. The van der Waals surface area contributed by atoms with Gasteiger partial charge in [-0.3, -0.25) is 14.3 Å². The van der Waals surface area contributed by atoms with Crippen molar-refractivity contribution in [3.05, 3.63) is 111 Å². The molecule has 2 heterocycles. The summed E-state index contributed by atoms with van der Waals surface area (Å²) in [4.78, 5) is 40.3. The summed E-state index contributed by atoms with van der Waals surface area (Å²) in [5.74, 6) is 1.96. The number of amides is 1. The highest BCUT2D eigenvalue weighted by Crippen LogP contribution is 2.39. The Balaban J connectivity index is 1.37. The first-order chi connectivity index (χ1) is 24.2. The van der Waals surface area contributed by atoms with Crippen molar-refractivity contribution in [3.63, 3.8) is 0 Å². The zero-order valence-electron chi connectivity index (χ0n) is 29.1. The average molecular weight is 696 g/mol. The molecule has 5 aromatic rings. The number of hydrogen-bond acceptors (Lipinski definition) is 7. The van der Waals surface area contributed by atoms with Gasteiger partial charge in [-0.2, -0.15) is 0 Å². The number of methoxy groups -OCH3 is 2. The number of ether oxygens (including phenoxy) is 3. The molecule has 0 N–H and O–H groups in total. The van der Waals surface area contributed by atoms with Gasteiger partial charge in [0, 0.05) is 47.4 Å². The van der Waals surface area contributed by atoms with Gasteiger partial charge in [0.2, 0.25) is 5.91 Å². The number of aromatic nitrogens is 4. The average Bonchev–Trinajstić information content (AvgIpc) is 3.37. The first kappa shape index (κ1) is 34.8. The Labute approximate surface area is 297 Å². The molecule has 2 aromatic heterocycles. The molecular formula is C39H42ClN5O5. The number of halogens is 1. The van der Waals surface area contributed by atoms with Crippen LogP contribution in [0.1, 0.15) is 55.5 Å². The monoisotopic (exact) mass is 695 g/mol. The fourth-order valence-electron chi connectivity index (χ4n) is 6.88. The molecule has 260 valence electrons. The van der Waals surface area contributed by atoms with E-state index in [1.165, 1.54) is 0 Å². The summed E-state index contributed by atoms with van der Waals surface area (Å²) >= 11 is 6.36. The zero-order chi connectivity index (χ0) is 35.4. The molecule has 11 heteroatoms. The van der Waals surface area contributed by atoms with Crippen LogP contribution in [-0.2, 0) is 18.4 Å². The number of nitrogens with zero attached hydrogens (tertiary/aromatic N) is 5. The lowest BCUT2D eigenvalue weighted by molar-refractivity contribution is -0.123. The van der Waals surface area contributed by atoms with Gasteiger partial charge in [-0.1, -0.05) is 36.2 Å². The van der Waals surface area contributed by atoms with Gasteiger partial charge in [-0.15, -0.1) is 0 Å². The third kappa shape index (κ3) is 6.98. The number of hydrogen-bond donors (Lipinski definition) is 0. The molecule has 0 aliphatic heterocycles. The predicted octanol–water partition coefficient (Wildman–Crippen LogP) is 7.52. The summed E-state index contributed by atoms with van der Waals surface area (Å²) in [7, 11) is 5.02. The van der Waals surface area contributed by atoms with Gasteiger partial charge in [0.1, 0.15) is 22.9 Å². The summed E-state index contributed by atoms with van der Waals surface area (Å²) in [6, 6.07) is 22.3. The lowest BCUT2D eigenvalue weighted by atomic mass is 9.79. The Morgan fingerprint density at radius 1 is 1.00 bits per heavy atom. The summed E-state index contributed by atoms with van der Waals surface area (Å²) in [6.07, 6.45) is 4.75. The van der Waals surface area contributed by atoms with E-state index < -0.39 is 0 Å². The first-order valence-electron chi connectivity index (χ1n) is 16.9. The van der Waals surface area contributed by atoms with Crippen molar-refractivity contribution in [1.82, 2.24) is 19.3 Å². The van der Waals surface area contributed by atoms with Crippen LogP contribution in [0.2, 0.25) is 5.02 Å². The predicted molar refractivity (Wildman–Crippen MR) is 195 cm³/mol. The van der Waals surface area contributed by atoms with E-state index >= 15 is 0 Å². The van der Waals surface area contributed by atoms with Crippen LogP contribution in [0.3, 0.4) is 0 Å². The molecule has 1 aliphatic carbocycles. The molecule has 0 radical (unpaired) electrons. The SMILES string of the molecule is CCOc1ccc(Cl)cc1-c1nccc(C2CCC[C@@H](C(=O)N(Cc3ccc(OC)cc3OC)c3c(C)n(C)n(-c4ccccc4)c3=O)C2)n1. The Bertz CT molecular complexity index is 2040. The van der Waals surface area contributed by atoms with Crippen LogP contribution in [0.5, 0.6) is 17.2 Å². The standard InChI is InChI=1S/C39H42ClN5O5/c1-6-50-34-18-16-29(40)22-32(34)37-41-20-19-33(42-37)26-11-10-12-27(21-26)38(46)44(24-28-15-17-31(48-4)23-35(28)49-5)36-25(2)43(3)45(39(36)47)30-13-8-7-9-14-30/h7-9,13-20,22-23,26-27H,6,10-12,21,24H2,1-5H3/t26?,27-/m1/s1. The number of carbonyl (C=O) groups excluding carboxylic acids is 1. The normalized spacial score (nSPS) is 15.8. The lowest BCUT2D eigenvalue weighted by Gasteiger charge is -2.32. The van der Waals surface area contributed by atoms with E-state index in [4.69, 9.17) is 30.8 Å². The minimum absolute atomic E-state index is 0.0180. The van der Waals surface area contributed by atoms with Crippen molar-refractivity contribution in [3.8, 4) is 34.3 Å². The Morgan fingerprint density at radius 2 is 1.80 bits per heavy atom. The van der Waals surface area contributed by atoms with Crippen molar-refractivity contribution in [2.24, 2.45) is 13.0 Å². The largest absolute Gasteiger partial charge is 0.497 e. The number of anilines is 1. The molecule has 50 heavy (non-hydrogen) atoms. The third-order valence-corrected chi connectivity index (χ3v) is 9.72. The molecule has 6 rings (SSSR count). The second-order valence-corrected chi connectivity index (χ2v) is 12.9. The highest BCUT2D eigenvalue weighted by Gasteiger charge is 2.35. The van der Waals surface area contributed by atoms with Gasteiger partial charge >= 0.3 is 0 Å². The van der Waals surface area contributed by atoms with Crippen molar-refractivity contribution >= 4 is 23.2 Å². The second kappa shape index (κ2) is 15.2. The third-order valence-electron chi connectivity index (χ3n) is 9.48. The maximum absolute atomic E-state index is 14.8. The van der Waals surface area contributed by atoms with Crippen LogP contribution in [0.25, 0.3) is 17.1 Å². The number of rotatable bonds is 11. The van der Waals surface area contributed by atoms with Crippen molar-refractivity contribution in [2.75, 3.05) is 25.7 Å². The summed E-state index contributed by atoms with van der Waals surface area (Å²) in [5, 5.41) is 0.567. The van der Waals surface area contributed by atoms with Gasteiger partial charge in [-0.05, 0) is 81.6 Å². The van der Waals surface area contributed by atoms with E-state index in [-0.39, 0.29) is 29.8 Å². The highest BCUT2D eigenvalue weighted by atomic mass is 35.5. The number of benzene rings is 3. The number of para-hydroxylation sites is 1. The Morgan fingerprint density at radius 3 is 2.54 bits per heavy atom. The minimum atomic E-state index is -0.342. The molecule has 10 nitrogen and oxygen atoms in total. The van der Waals surface area contributed by atoms with Crippen molar-refractivity contribution in [1.29, 1.82) is 0 Å². The van der Waals surface area contributed by atoms with E-state index in [1.54, 1.807) is 46.8 Å². The molecule has 1 saturated carbocycles.